The van der Waals surface area contributed by atoms with Crippen LogP contribution >= 0.6 is 0 Å². The lowest BCUT2D eigenvalue weighted by Crippen LogP contribution is -2.33. The molecule has 2 heteroatoms. The summed E-state index contributed by atoms with van der Waals surface area (Å²) in [5.41, 5.74) is 8.59. The van der Waals surface area contributed by atoms with Crippen LogP contribution in [0, 0.1) is 6.92 Å². The van der Waals surface area contributed by atoms with E-state index in [1.54, 1.807) is 0 Å². The predicted octanol–water partition coefficient (Wildman–Crippen LogP) is 7.08. The normalized spacial score (nSPS) is 17.6. The minimum Gasteiger partial charge on any atom is -0.462 e. The molecule has 1 aliphatic carbocycles. The number of rotatable bonds is 4. The summed E-state index contributed by atoms with van der Waals surface area (Å²) in [4.78, 5) is 12.0. The second-order valence-electron chi connectivity index (χ2n) is 9.65. The van der Waals surface area contributed by atoms with Crippen LogP contribution in [0.3, 0.4) is 0 Å². The van der Waals surface area contributed by atoms with Gasteiger partial charge in [-0.1, -0.05) is 64.1 Å². The van der Waals surface area contributed by atoms with Gasteiger partial charge in [-0.2, -0.15) is 0 Å². The van der Waals surface area contributed by atoms with Crippen LogP contribution in [-0.2, 0) is 15.6 Å². The number of carbonyl (C=O) groups is 1. The molecule has 0 atom stereocenters. The van der Waals surface area contributed by atoms with Gasteiger partial charge in [-0.05, 0) is 83.9 Å². The van der Waals surface area contributed by atoms with Gasteiger partial charge in [0.15, 0.2) is 0 Å². The Labute approximate surface area is 176 Å². The summed E-state index contributed by atoms with van der Waals surface area (Å²) in [5.74, 6) is -0.253. The highest BCUT2D eigenvalue weighted by atomic mass is 16.5. The number of esters is 1. The fourth-order valence-electron chi connectivity index (χ4n) is 4.38. The van der Waals surface area contributed by atoms with Crippen LogP contribution in [0.15, 0.2) is 36.4 Å². The molecule has 0 saturated carbocycles. The van der Waals surface area contributed by atoms with Crippen molar-refractivity contribution in [1.29, 1.82) is 0 Å². The molecule has 0 fully saturated rings. The molecule has 2 aromatic rings. The summed E-state index contributed by atoms with van der Waals surface area (Å²) < 4.78 is 5.13. The van der Waals surface area contributed by atoms with E-state index in [4.69, 9.17) is 4.74 Å². The Morgan fingerprint density at radius 2 is 1.66 bits per heavy atom. The number of fused-ring (bicyclic) bond motifs is 1. The monoisotopic (exact) mass is 390 g/mol. The quantitative estimate of drug-likeness (QED) is 0.412. The van der Waals surface area contributed by atoms with Crippen molar-refractivity contribution in [3.05, 3.63) is 69.8 Å². The summed E-state index contributed by atoms with van der Waals surface area (Å²) in [6, 6.07) is 12.9. The number of aryl methyl sites for hydroxylation is 1. The molecule has 1 aliphatic rings. The number of allylic oxidation sites excluding steroid dienone is 1. The topological polar surface area (TPSA) is 26.3 Å². The lowest BCUT2D eigenvalue weighted by atomic mass is 9.63. The zero-order valence-electron chi connectivity index (χ0n) is 19.0. The highest BCUT2D eigenvalue weighted by Gasteiger charge is 2.36. The van der Waals surface area contributed by atoms with Crippen molar-refractivity contribution in [1.82, 2.24) is 0 Å². The maximum Gasteiger partial charge on any atom is 0.338 e. The smallest absolute Gasteiger partial charge is 0.338 e. The molecule has 0 bridgehead atoms. The van der Waals surface area contributed by atoms with Crippen LogP contribution in [0.4, 0.5) is 0 Å². The maximum absolute atomic E-state index is 12.0. The Bertz CT molecular complexity index is 960. The van der Waals surface area contributed by atoms with Gasteiger partial charge in [0.1, 0.15) is 0 Å². The SMILES string of the molecule is CCOC(=O)c1ccc(C=C(C)c2ccc3c(c2)C(C)(C)CCC3(C)C)cc1C. The molecule has 3 rings (SSSR count). The molecule has 29 heavy (non-hydrogen) atoms. The molecule has 154 valence electrons. The van der Waals surface area contributed by atoms with Gasteiger partial charge in [0.05, 0.1) is 12.2 Å². The first-order chi connectivity index (χ1) is 13.5. The van der Waals surface area contributed by atoms with Gasteiger partial charge in [0.25, 0.3) is 0 Å². The Morgan fingerprint density at radius 1 is 1.00 bits per heavy atom. The molecule has 2 nitrogen and oxygen atoms in total. The third-order valence-electron chi connectivity index (χ3n) is 6.44. The second-order valence-corrected chi connectivity index (χ2v) is 9.65. The minimum atomic E-state index is -0.253. The van der Waals surface area contributed by atoms with Gasteiger partial charge in [-0.3, -0.25) is 0 Å². The Hall–Kier alpha value is -2.35. The van der Waals surface area contributed by atoms with Crippen molar-refractivity contribution in [2.75, 3.05) is 6.61 Å². The van der Waals surface area contributed by atoms with E-state index in [1.165, 1.54) is 35.1 Å². The Kier molecular flexibility index (Phi) is 5.76. The van der Waals surface area contributed by atoms with Crippen LogP contribution in [0.25, 0.3) is 11.6 Å². The number of hydrogen-bond donors (Lipinski definition) is 0. The van der Waals surface area contributed by atoms with Crippen LogP contribution in [0.1, 0.15) is 92.6 Å². The molecule has 0 heterocycles. The van der Waals surface area contributed by atoms with E-state index in [0.717, 1.165) is 11.1 Å². The molecule has 0 radical (unpaired) electrons. The number of carbonyl (C=O) groups excluding carboxylic acids is 1. The van der Waals surface area contributed by atoms with Gasteiger partial charge in [-0.15, -0.1) is 0 Å². The van der Waals surface area contributed by atoms with Crippen molar-refractivity contribution < 1.29 is 9.53 Å². The molecule has 0 saturated heterocycles. The summed E-state index contributed by atoms with van der Waals surface area (Å²) in [5, 5.41) is 0. The van der Waals surface area contributed by atoms with E-state index in [1.807, 2.05) is 26.0 Å². The fraction of sp³-hybridized carbons (Fsp3) is 0.444. The zero-order chi connectivity index (χ0) is 21.4. The second kappa shape index (κ2) is 7.82. The first kappa shape index (κ1) is 21.4. The number of benzene rings is 2. The van der Waals surface area contributed by atoms with Gasteiger partial charge in [0.2, 0.25) is 0 Å². The van der Waals surface area contributed by atoms with E-state index in [2.05, 4.69) is 65.0 Å². The van der Waals surface area contributed by atoms with Gasteiger partial charge >= 0.3 is 5.97 Å². The van der Waals surface area contributed by atoms with Gasteiger partial charge in [-0.25, -0.2) is 4.79 Å². The van der Waals surface area contributed by atoms with E-state index in [0.29, 0.717) is 12.2 Å². The van der Waals surface area contributed by atoms with Crippen LogP contribution < -0.4 is 0 Å². The number of ether oxygens (including phenoxy) is 1. The molecule has 0 amide bonds. The van der Waals surface area contributed by atoms with Crippen molar-refractivity contribution in [2.45, 2.75) is 72.1 Å². The summed E-state index contributed by atoms with van der Waals surface area (Å²) in [6.45, 7) is 15.8. The molecular weight excluding hydrogens is 356 g/mol. The third-order valence-corrected chi connectivity index (χ3v) is 6.44. The average Bonchev–Trinajstić information content (AvgIpc) is 2.65. The van der Waals surface area contributed by atoms with E-state index in [9.17, 15) is 4.79 Å². The van der Waals surface area contributed by atoms with E-state index >= 15 is 0 Å². The van der Waals surface area contributed by atoms with Gasteiger partial charge in [0, 0.05) is 0 Å². The highest BCUT2D eigenvalue weighted by Crippen LogP contribution is 2.46. The molecule has 0 spiro atoms. The van der Waals surface area contributed by atoms with Crippen molar-refractivity contribution in [3.8, 4) is 0 Å². The third kappa shape index (κ3) is 4.32. The zero-order valence-corrected chi connectivity index (χ0v) is 19.0. The summed E-state index contributed by atoms with van der Waals surface area (Å²) >= 11 is 0. The Morgan fingerprint density at radius 3 is 2.28 bits per heavy atom. The minimum absolute atomic E-state index is 0.207. The summed E-state index contributed by atoms with van der Waals surface area (Å²) in [6.07, 6.45) is 4.64. The first-order valence-electron chi connectivity index (χ1n) is 10.7. The summed E-state index contributed by atoms with van der Waals surface area (Å²) in [7, 11) is 0. The van der Waals surface area contributed by atoms with Crippen LogP contribution in [0.5, 0.6) is 0 Å². The lowest BCUT2D eigenvalue weighted by Gasteiger charge is -2.42. The molecular formula is C27H34O2. The molecule has 0 N–H and O–H groups in total. The van der Waals surface area contributed by atoms with Crippen LogP contribution in [-0.4, -0.2) is 12.6 Å². The Balaban J connectivity index is 1.95. The number of hydrogen-bond acceptors (Lipinski definition) is 2. The van der Waals surface area contributed by atoms with Crippen molar-refractivity contribution in [3.63, 3.8) is 0 Å². The lowest BCUT2D eigenvalue weighted by molar-refractivity contribution is 0.0525. The molecule has 0 aromatic heterocycles. The van der Waals surface area contributed by atoms with E-state index in [-0.39, 0.29) is 16.8 Å². The molecule has 2 aromatic carbocycles. The van der Waals surface area contributed by atoms with Gasteiger partial charge < -0.3 is 4.74 Å². The molecule has 0 aliphatic heterocycles. The van der Waals surface area contributed by atoms with Crippen molar-refractivity contribution in [2.24, 2.45) is 0 Å². The van der Waals surface area contributed by atoms with Crippen molar-refractivity contribution >= 4 is 17.6 Å². The predicted molar refractivity (Wildman–Crippen MR) is 122 cm³/mol. The highest BCUT2D eigenvalue weighted by molar-refractivity contribution is 5.92. The van der Waals surface area contributed by atoms with Crippen LogP contribution in [0.2, 0.25) is 0 Å². The largest absolute Gasteiger partial charge is 0.462 e. The fourth-order valence-corrected chi connectivity index (χ4v) is 4.38. The molecule has 0 unspecified atom stereocenters. The standard InChI is InChI=1S/C27H34O2/c1-8-29-25(28)22-11-9-20(16-19(22)3)15-18(2)21-10-12-23-24(17-21)27(6,7)14-13-26(23,4)5/h9-12,15-17H,8,13-14H2,1-7H3. The van der Waals surface area contributed by atoms with E-state index < -0.39 is 0 Å². The maximum atomic E-state index is 12.0. The average molecular weight is 391 g/mol. The first-order valence-corrected chi connectivity index (χ1v) is 10.7.